The van der Waals surface area contributed by atoms with Crippen LogP contribution in [0.3, 0.4) is 0 Å². The van der Waals surface area contributed by atoms with Crippen molar-refractivity contribution in [2.45, 2.75) is 16.7 Å². The molecule has 5 heteroatoms. The average Bonchev–Trinajstić information content (AvgIpc) is 2.48. The van der Waals surface area contributed by atoms with Gasteiger partial charge in [-0.3, -0.25) is 0 Å². The van der Waals surface area contributed by atoms with E-state index in [0.717, 1.165) is 33.7 Å². The van der Waals surface area contributed by atoms with Crippen LogP contribution in [0.5, 0.6) is 11.5 Å². The Morgan fingerprint density at radius 2 is 1.90 bits per heavy atom. The number of nitrogens with zero attached hydrogens (tertiary/aromatic N) is 1. The van der Waals surface area contributed by atoms with E-state index in [1.54, 1.807) is 11.8 Å². The summed E-state index contributed by atoms with van der Waals surface area (Å²) in [4.78, 5) is 6.55. The van der Waals surface area contributed by atoms with Gasteiger partial charge in [0.25, 0.3) is 0 Å². The van der Waals surface area contributed by atoms with E-state index in [1.807, 2.05) is 36.5 Å². The highest BCUT2D eigenvalue weighted by atomic mass is 32.2. The van der Waals surface area contributed by atoms with Crippen molar-refractivity contribution in [1.29, 1.82) is 0 Å². The second-order valence-corrected chi connectivity index (χ2v) is 5.46. The fourth-order valence-electron chi connectivity index (χ4n) is 1.98. The van der Waals surface area contributed by atoms with Crippen molar-refractivity contribution in [2.75, 3.05) is 25.1 Å². The molecule has 1 aromatic carbocycles. The molecule has 0 unspecified atom stereocenters. The van der Waals surface area contributed by atoms with Crippen molar-refractivity contribution in [3.63, 3.8) is 0 Å². The number of ether oxygens (including phenoxy) is 2. The van der Waals surface area contributed by atoms with Crippen LogP contribution in [0, 0.1) is 0 Å². The monoisotopic (exact) mass is 288 g/mol. The van der Waals surface area contributed by atoms with E-state index in [1.165, 1.54) is 0 Å². The van der Waals surface area contributed by atoms with Crippen molar-refractivity contribution in [3.8, 4) is 11.5 Å². The van der Waals surface area contributed by atoms with Crippen LogP contribution in [0.4, 0.5) is 5.82 Å². The van der Waals surface area contributed by atoms with Crippen LogP contribution in [0.25, 0.3) is 0 Å². The highest BCUT2D eigenvalue weighted by Gasteiger charge is 2.12. The van der Waals surface area contributed by atoms with Crippen LogP contribution in [0.1, 0.15) is 6.92 Å². The first-order valence-corrected chi connectivity index (χ1v) is 7.44. The largest absolute Gasteiger partial charge is 0.486 e. The number of hydrogen-bond donors (Lipinski definition) is 1. The molecule has 0 saturated carbocycles. The van der Waals surface area contributed by atoms with Gasteiger partial charge in [-0.25, -0.2) is 4.98 Å². The van der Waals surface area contributed by atoms with E-state index in [0.29, 0.717) is 13.2 Å². The molecule has 0 atom stereocenters. The van der Waals surface area contributed by atoms with Crippen LogP contribution in [0.2, 0.25) is 0 Å². The molecule has 1 aliphatic rings. The minimum Gasteiger partial charge on any atom is -0.486 e. The summed E-state index contributed by atoms with van der Waals surface area (Å²) < 4.78 is 11.1. The number of fused-ring (bicyclic) bond motifs is 1. The molecule has 2 heterocycles. The fraction of sp³-hybridized carbons (Fsp3) is 0.267. The summed E-state index contributed by atoms with van der Waals surface area (Å²) in [6, 6.07) is 10.1. The lowest BCUT2D eigenvalue weighted by atomic mass is 10.3. The van der Waals surface area contributed by atoms with Crippen molar-refractivity contribution in [2.24, 2.45) is 0 Å². The maximum atomic E-state index is 5.60. The van der Waals surface area contributed by atoms with Gasteiger partial charge in [0, 0.05) is 22.5 Å². The van der Waals surface area contributed by atoms with E-state index in [9.17, 15) is 0 Å². The predicted molar refractivity (Wildman–Crippen MR) is 80.0 cm³/mol. The van der Waals surface area contributed by atoms with Crippen molar-refractivity contribution < 1.29 is 9.47 Å². The molecule has 1 N–H and O–H groups in total. The molecule has 104 valence electrons. The number of benzene rings is 1. The third-order valence-corrected chi connectivity index (χ3v) is 3.82. The first-order valence-electron chi connectivity index (χ1n) is 6.62. The zero-order valence-corrected chi connectivity index (χ0v) is 12.1. The molecule has 1 aromatic heterocycles. The van der Waals surface area contributed by atoms with Gasteiger partial charge in [0.05, 0.1) is 0 Å². The van der Waals surface area contributed by atoms with Crippen molar-refractivity contribution in [3.05, 3.63) is 36.5 Å². The summed E-state index contributed by atoms with van der Waals surface area (Å²) in [5.41, 5.74) is 0. The highest BCUT2D eigenvalue weighted by Crippen LogP contribution is 2.37. The molecule has 4 nitrogen and oxygen atoms in total. The second kappa shape index (κ2) is 6.05. The summed E-state index contributed by atoms with van der Waals surface area (Å²) in [6.07, 6.45) is 1.82. The van der Waals surface area contributed by atoms with E-state index >= 15 is 0 Å². The van der Waals surface area contributed by atoms with Crippen LogP contribution in [0.15, 0.2) is 46.3 Å². The van der Waals surface area contributed by atoms with Crippen LogP contribution < -0.4 is 14.8 Å². The Hall–Kier alpha value is -1.88. The zero-order chi connectivity index (χ0) is 13.8. The quantitative estimate of drug-likeness (QED) is 0.933. The maximum absolute atomic E-state index is 5.60. The Morgan fingerprint density at radius 3 is 2.75 bits per heavy atom. The molecule has 2 aromatic rings. The summed E-state index contributed by atoms with van der Waals surface area (Å²) in [6.45, 7) is 4.16. The summed E-state index contributed by atoms with van der Waals surface area (Å²) >= 11 is 1.68. The van der Waals surface area contributed by atoms with E-state index in [-0.39, 0.29) is 0 Å². The summed E-state index contributed by atoms with van der Waals surface area (Å²) in [7, 11) is 0. The van der Waals surface area contributed by atoms with Crippen molar-refractivity contribution >= 4 is 17.6 Å². The number of aromatic nitrogens is 1. The summed E-state index contributed by atoms with van der Waals surface area (Å²) in [5.74, 6) is 2.54. The minimum absolute atomic E-state index is 0.612. The molecule has 0 bridgehead atoms. The second-order valence-electron chi connectivity index (χ2n) is 4.31. The van der Waals surface area contributed by atoms with E-state index < -0.39 is 0 Å². The maximum Gasteiger partial charge on any atom is 0.162 e. The Morgan fingerprint density at radius 1 is 1.10 bits per heavy atom. The van der Waals surface area contributed by atoms with Gasteiger partial charge in [0.1, 0.15) is 19.0 Å². The molecular formula is C15H16N2O2S. The number of anilines is 1. The molecule has 0 aliphatic carbocycles. The van der Waals surface area contributed by atoms with E-state index in [4.69, 9.17) is 9.47 Å². The Bertz CT molecular complexity index is 604. The lowest BCUT2D eigenvalue weighted by Gasteiger charge is -2.18. The molecule has 0 radical (unpaired) electrons. The van der Waals surface area contributed by atoms with Gasteiger partial charge in [0.2, 0.25) is 0 Å². The van der Waals surface area contributed by atoms with E-state index in [2.05, 4.69) is 17.2 Å². The SMILES string of the molecule is CCNc1cc(Sc2ccc3c(c2)OCCO3)ccn1. The first-order chi connectivity index (χ1) is 9.85. The minimum atomic E-state index is 0.612. The number of nitrogens with one attached hydrogen (secondary N) is 1. The van der Waals surface area contributed by atoms with Gasteiger partial charge < -0.3 is 14.8 Å². The van der Waals surface area contributed by atoms with Gasteiger partial charge in [-0.05, 0) is 37.3 Å². The topological polar surface area (TPSA) is 43.4 Å². The van der Waals surface area contributed by atoms with Crippen molar-refractivity contribution in [1.82, 2.24) is 4.98 Å². The molecule has 3 rings (SSSR count). The summed E-state index contributed by atoms with van der Waals surface area (Å²) in [5, 5.41) is 3.21. The number of pyridine rings is 1. The number of hydrogen-bond acceptors (Lipinski definition) is 5. The highest BCUT2D eigenvalue weighted by molar-refractivity contribution is 7.99. The predicted octanol–water partition coefficient (Wildman–Crippen LogP) is 3.44. The van der Waals surface area contributed by atoms with Gasteiger partial charge in [-0.15, -0.1) is 0 Å². The Kier molecular flexibility index (Phi) is 3.97. The van der Waals surface area contributed by atoms with Gasteiger partial charge in [0.15, 0.2) is 11.5 Å². The van der Waals surface area contributed by atoms with Crippen LogP contribution in [-0.2, 0) is 0 Å². The number of rotatable bonds is 4. The first kappa shape index (κ1) is 13.1. The standard InChI is InChI=1S/C15H16N2O2S/c1-2-16-15-10-12(5-6-17-15)20-11-3-4-13-14(9-11)19-8-7-18-13/h3-6,9-10H,2,7-8H2,1H3,(H,16,17). The smallest absolute Gasteiger partial charge is 0.162 e. The zero-order valence-electron chi connectivity index (χ0n) is 11.3. The normalized spacial score (nSPS) is 13.1. The Labute approximate surface area is 122 Å². The molecule has 20 heavy (non-hydrogen) atoms. The molecule has 1 aliphatic heterocycles. The third kappa shape index (κ3) is 2.99. The fourth-order valence-corrected chi connectivity index (χ4v) is 2.85. The lowest BCUT2D eigenvalue weighted by Crippen LogP contribution is -2.15. The van der Waals surface area contributed by atoms with Gasteiger partial charge >= 0.3 is 0 Å². The molecule has 0 fully saturated rings. The van der Waals surface area contributed by atoms with Crippen LogP contribution in [-0.4, -0.2) is 24.7 Å². The average molecular weight is 288 g/mol. The molecule has 0 saturated heterocycles. The molecule has 0 amide bonds. The van der Waals surface area contributed by atoms with Gasteiger partial charge in [-0.1, -0.05) is 11.8 Å². The molecule has 0 spiro atoms. The van der Waals surface area contributed by atoms with Crippen LogP contribution >= 0.6 is 11.8 Å². The third-order valence-electron chi connectivity index (χ3n) is 2.84. The Balaban J connectivity index is 1.78. The lowest BCUT2D eigenvalue weighted by molar-refractivity contribution is 0.171. The van der Waals surface area contributed by atoms with Gasteiger partial charge in [-0.2, -0.15) is 0 Å². The molecular weight excluding hydrogens is 272 g/mol.